The van der Waals surface area contributed by atoms with E-state index in [4.69, 9.17) is 38.9 Å². The Kier molecular flexibility index (Phi) is 15.9. The molecule has 2 unspecified atom stereocenters. The van der Waals surface area contributed by atoms with Gasteiger partial charge in [-0.15, -0.1) is 0 Å². The van der Waals surface area contributed by atoms with E-state index in [2.05, 4.69) is 0 Å². The van der Waals surface area contributed by atoms with Crippen LogP contribution in [0, 0.1) is 0 Å². The quantitative estimate of drug-likeness (QED) is 0.121. The molecule has 2 N–H and O–H groups in total. The lowest BCUT2D eigenvalue weighted by molar-refractivity contribution is -0.156. The van der Waals surface area contributed by atoms with E-state index in [1.54, 1.807) is 47.6 Å². The van der Waals surface area contributed by atoms with Gasteiger partial charge in [-0.3, -0.25) is 4.79 Å². The van der Waals surface area contributed by atoms with Crippen molar-refractivity contribution >= 4 is 24.4 Å². The molecular formula is C31H49NO11. The largest absolute Gasteiger partial charge is 0.514 e. The Morgan fingerprint density at radius 3 is 1.77 bits per heavy atom. The van der Waals surface area contributed by atoms with Crippen LogP contribution in [0.15, 0.2) is 18.2 Å². The van der Waals surface area contributed by atoms with E-state index in [1.807, 2.05) is 20.8 Å². The SMILES string of the molecule is CCCC(C)OC(=O)Oc1ccc(C[C@H](N)C(=O)O[C@@H](C)[C@H](C)OC(=O)OC(C)(C)CC)cc1OC(=O)OC(C)CCC. The molecule has 0 amide bonds. The topological polar surface area (TPSA) is 159 Å². The van der Waals surface area contributed by atoms with Crippen LogP contribution in [-0.2, 0) is 34.9 Å². The molecule has 0 saturated carbocycles. The molecule has 0 saturated heterocycles. The number of hydrogen-bond donors (Lipinski definition) is 1. The van der Waals surface area contributed by atoms with Crippen LogP contribution >= 0.6 is 0 Å². The summed E-state index contributed by atoms with van der Waals surface area (Å²) in [5, 5.41) is 0. The molecule has 12 nitrogen and oxygen atoms in total. The third kappa shape index (κ3) is 14.5. The molecule has 0 radical (unpaired) electrons. The maximum absolute atomic E-state index is 12.7. The van der Waals surface area contributed by atoms with Crippen molar-refractivity contribution < 1.29 is 52.3 Å². The lowest BCUT2D eigenvalue weighted by Crippen LogP contribution is -2.40. The van der Waals surface area contributed by atoms with Gasteiger partial charge in [-0.05, 0) is 84.9 Å². The molecule has 244 valence electrons. The third-order valence-electron chi connectivity index (χ3n) is 6.59. The normalized spacial score (nSPS) is 14.7. The average Bonchev–Trinajstić information content (AvgIpc) is 2.89. The molecular weight excluding hydrogens is 562 g/mol. The third-order valence-corrected chi connectivity index (χ3v) is 6.59. The molecule has 5 atom stereocenters. The van der Waals surface area contributed by atoms with E-state index in [9.17, 15) is 19.2 Å². The van der Waals surface area contributed by atoms with E-state index < -0.39 is 48.3 Å². The first-order valence-corrected chi connectivity index (χ1v) is 14.9. The fourth-order valence-corrected chi connectivity index (χ4v) is 3.60. The van der Waals surface area contributed by atoms with Crippen LogP contribution in [0.5, 0.6) is 11.5 Å². The summed E-state index contributed by atoms with van der Waals surface area (Å²) in [5.74, 6) is -0.934. The second kappa shape index (κ2) is 18.2. The number of hydrogen-bond acceptors (Lipinski definition) is 12. The molecule has 0 fully saturated rings. The van der Waals surface area contributed by atoms with Gasteiger partial charge in [-0.2, -0.15) is 0 Å². The Morgan fingerprint density at radius 2 is 1.26 bits per heavy atom. The number of carbonyl (C=O) groups is 4. The summed E-state index contributed by atoms with van der Waals surface area (Å²) in [6, 6.07) is 3.26. The van der Waals surface area contributed by atoms with Gasteiger partial charge in [0.05, 0.1) is 0 Å². The summed E-state index contributed by atoms with van der Waals surface area (Å²) in [5.41, 5.74) is 5.90. The highest BCUT2D eigenvalue weighted by atomic mass is 16.8. The Balaban J connectivity index is 2.96. The van der Waals surface area contributed by atoms with Crippen molar-refractivity contribution in [3.05, 3.63) is 23.8 Å². The number of nitrogens with two attached hydrogens (primary N) is 1. The second-order valence-corrected chi connectivity index (χ2v) is 11.2. The Labute approximate surface area is 254 Å². The van der Waals surface area contributed by atoms with Crippen LogP contribution in [0.2, 0.25) is 0 Å². The minimum absolute atomic E-state index is 0.0105. The molecule has 12 heteroatoms. The number of esters is 1. The van der Waals surface area contributed by atoms with Gasteiger partial charge in [0.25, 0.3) is 0 Å². The fourth-order valence-electron chi connectivity index (χ4n) is 3.60. The van der Waals surface area contributed by atoms with Crippen molar-refractivity contribution in [1.29, 1.82) is 0 Å². The van der Waals surface area contributed by atoms with Gasteiger partial charge in [0, 0.05) is 0 Å². The summed E-state index contributed by atoms with van der Waals surface area (Å²) < 4.78 is 37.1. The van der Waals surface area contributed by atoms with Crippen molar-refractivity contribution in [2.24, 2.45) is 5.73 Å². The van der Waals surface area contributed by atoms with Gasteiger partial charge < -0.3 is 38.9 Å². The zero-order chi connectivity index (χ0) is 32.7. The van der Waals surface area contributed by atoms with E-state index in [0.29, 0.717) is 24.8 Å². The highest BCUT2D eigenvalue weighted by Gasteiger charge is 2.28. The predicted molar refractivity (Wildman–Crippen MR) is 158 cm³/mol. The Morgan fingerprint density at radius 1 is 0.744 bits per heavy atom. The molecule has 0 heterocycles. The minimum atomic E-state index is -1.11. The smallest absolute Gasteiger partial charge is 0.458 e. The Bertz CT molecular complexity index is 1060. The zero-order valence-electron chi connectivity index (χ0n) is 26.9. The van der Waals surface area contributed by atoms with Crippen molar-refractivity contribution in [3.8, 4) is 11.5 Å². The highest BCUT2D eigenvalue weighted by molar-refractivity contribution is 5.76. The van der Waals surface area contributed by atoms with Crippen LogP contribution in [0.3, 0.4) is 0 Å². The van der Waals surface area contributed by atoms with E-state index in [0.717, 1.165) is 12.8 Å². The number of benzene rings is 1. The maximum Gasteiger partial charge on any atom is 0.514 e. The first kappa shape index (κ1) is 37.5. The first-order valence-electron chi connectivity index (χ1n) is 14.9. The van der Waals surface area contributed by atoms with E-state index in [1.165, 1.54) is 12.1 Å². The average molecular weight is 612 g/mol. The monoisotopic (exact) mass is 611 g/mol. The molecule has 0 aliphatic carbocycles. The van der Waals surface area contributed by atoms with Crippen LogP contribution in [0.25, 0.3) is 0 Å². The van der Waals surface area contributed by atoms with Crippen molar-refractivity contribution in [2.45, 2.75) is 137 Å². The van der Waals surface area contributed by atoms with Gasteiger partial charge in [0.2, 0.25) is 0 Å². The van der Waals surface area contributed by atoms with Gasteiger partial charge >= 0.3 is 24.4 Å². The summed E-state index contributed by atoms with van der Waals surface area (Å²) in [6.45, 7) is 15.9. The maximum atomic E-state index is 12.7. The zero-order valence-corrected chi connectivity index (χ0v) is 26.9. The lowest BCUT2D eigenvalue weighted by atomic mass is 10.1. The van der Waals surface area contributed by atoms with Gasteiger partial charge in [-0.25, -0.2) is 14.4 Å². The molecule has 0 aromatic heterocycles. The van der Waals surface area contributed by atoms with Crippen molar-refractivity contribution in [1.82, 2.24) is 0 Å². The number of ether oxygens (including phenoxy) is 7. The van der Waals surface area contributed by atoms with Crippen LogP contribution in [0.4, 0.5) is 14.4 Å². The minimum Gasteiger partial charge on any atom is -0.458 e. The van der Waals surface area contributed by atoms with E-state index in [-0.39, 0.29) is 30.1 Å². The Hall–Kier alpha value is -3.54. The van der Waals surface area contributed by atoms with Gasteiger partial charge in [0.1, 0.15) is 36.1 Å². The standard InChI is InChI=1S/C31H49NO11/c1-10-13-19(4)37-28(34)41-25-16-15-23(18-26(25)42-29(35)38-20(5)14-11-2)17-24(32)27(33)39-21(6)22(7)40-30(36)43-31(8,9)12-3/h15-16,18-22,24H,10-14,17,32H2,1-9H3/t19?,20?,21-,22-,24-/m0/s1. The lowest BCUT2D eigenvalue weighted by Gasteiger charge is -2.26. The molecule has 1 rings (SSSR count). The molecule has 0 bridgehead atoms. The predicted octanol–water partition coefficient (Wildman–Crippen LogP) is 6.63. The molecule has 1 aromatic rings. The van der Waals surface area contributed by atoms with Crippen molar-refractivity contribution in [3.63, 3.8) is 0 Å². The summed E-state index contributed by atoms with van der Waals surface area (Å²) >= 11 is 0. The van der Waals surface area contributed by atoms with Gasteiger partial charge in [-0.1, -0.05) is 39.7 Å². The van der Waals surface area contributed by atoms with E-state index >= 15 is 0 Å². The fraction of sp³-hybridized carbons (Fsp3) is 0.677. The molecule has 0 aliphatic heterocycles. The van der Waals surface area contributed by atoms with Crippen LogP contribution in [0.1, 0.15) is 100.0 Å². The first-order chi connectivity index (χ1) is 20.1. The molecule has 1 aromatic carbocycles. The second-order valence-electron chi connectivity index (χ2n) is 11.2. The number of carbonyl (C=O) groups excluding carboxylic acids is 4. The highest BCUT2D eigenvalue weighted by Crippen LogP contribution is 2.30. The van der Waals surface area contributed by atoms with Crippen molar-refractivity contribution in [2.75, 3.05) is 0 Å². The summed E-state index contributed by atoms with van der Waals surface area (Å²) in [4.78, 5) is 49.6. The van der Waals surface area contributed by atoms with Gasteiger partial charge in [0.15, 0.2) is 11.5 Å². The molecule has 0 spiro atoms. The van der Waals surface area contributed by atoms with Crippen LogP contribution < -0.4 is 15.2 Å². The summed E-state index contributed by atoms with van der Waals surface area (Å²) in [7, 11) is 0. The summed E-state index contributed by atoms with van der Waals surface area (Å²) in [6.07, 6.45) is -1.68. The van der Waals surface area contributed by atoms with Crippen LogP contribution in [-0.4, -0.2) is 60.5 Å². The molecule has 0 aliphatic rings. The molecule has 43 heavy (non-hydrogen) atoms. The number of rotatable bonds is 16.